The summed E-state index contributed by atoms with van der Waals surface area (Å²) in [4.78, 5) is 10.6. The lowest BCUT2D eigenvalue weighted by atomic mass is 10.2. The van der Waals surface area contributed by atoms with Gasteiger partial charge in [0.1, 0.15) is 0 Å². The molecular formula is C9H17ClNO+. The molecule has 2 nitrogen and oxygen atoms in total. The molecule has 0 saturated carbocycles. The molecule has 0 fully saturated rings. The van der Waals surface area contributed by atoms with E-state index in [1.807, 2.05) is 0 Å². The van der Waals surface area contributed by atoms with Crippen LogP contribution in [0, 0.1) is 0 Å². The fourth-order valence-corrected chi connectivity index (χ4v) is 0.960. The van der Waals surface area contributed by atoms with E-state index in [2.05, 4.69) is 27.7 Å². The van der Waals surface area contributed by atoms with Crippen molar-refractivity contribution in [1.29, 1.82) is 0 Å². The van der Waals surface area contributed by atoms with Crippen molar-refractivity contribution in [1.82, 2.24) is 0 Å². The maximum absolute atomic E-state index is 10.6. The van der Waals surface area contributed by atoms with Crippen molar-refractivity contribution in [3.05, 3.63) is 12.2 Å². The van der Waals surface area contributed by atoms with Gasteiger partial charge in [-0.25, -0.2) is 0 Å². The highest BCUT2D eigenvalue weighted by molar-refractivity contribution is 6.67. The summed E-state index contributed by atoms with van der Waals surface area (Å²) in [5.41, 5.74) is 0.519. The summed E-state index contributed by atoms with van der Waals surface area (Å²) in [7, 11) is 6.35. The van der Waals surface area contributed by atoms with Crippen molar-refractivity contribution in [2.75, 3.05) is 27.7 Å². The van der Waals surface area contributed by atoms with Crippen molar-refractivity contribution in [3.8, 4) is 0 Å². The second-order valence-corrected chi connectivity index (χ2v) is 4.34. The van der Waals surface area contributed by atoms with Crippen LogP contribution in [0.5, 0.6) is 0 Å². The van der Waals surface area contributed by atoms with E-state index < -0.39 is 5.24 Å². The van der Waals surface area contributed by atoms with Crippen LogP contribution in [0.1, 0.15) is 12.8 Å². The molecular weight excluding hydrogens is 174 g/mol. The van der Waals surface area contributed by atoms with Gasteiger partial charge in [0.2, 0.25) is 5.24 Å². The van der Waals surface area contributed by atoms with Gasteiger partial charge in [0.05, 0.1) is 27.7 Å². The van der Waals surface area contributed by atoms with E-state index >= 15 is 0 Å². The molecule has 0 aromatic heterocycles. The molecule has 0 aliphatic heterocycles. The molecule has 12 heavy (non-hydrogen) atoms. The Morgan fingerprint density at radius 1 is 1.42 bits per heavy atom. The first-order valence-corrected chi connectivity index (χ1v) is 4.39. The molecule has 0 rings (SSSR count). The van der Waals surface area contributed by atoms with Gasteiger partial charge in [-0.2, -0.15) is 0 Å². The molecule has 0 saturated heterocycles. The van der Waals surface area contributed by atoms with E-state index in [0.29, 0.717) is 12.0 Å². The Morgan fingerprint density at radius 2 is 1.92 bits per heavy atom. The topological polar surface area (TPSA) is 17.1 Å². The zero-order valence-corrected chi connectivity index (χ0v) is 8.82. The number of halogens is 1. The smallest absolute Gasteiger partial charge is 0.247 e. The van der Waals surface area contributed by atoms with Crippen molar-refractivity contribution in [2.45, 2.75) is 12.8 Å². The fourth-order valence-electron chi connectivity index (χ4n) is 0.865. The highest BCUT2D eigenvalue weighted by Gasteiger charge is 2.08. The van der Waals surface area contributed by atoms with E-state index in [1.165, 1.54) is 0 Å². The van der Waals surface area contributed by atoms with Crippen molar-refractivity contribution in [2.24, 2.45) is 0 Å². The molecule has 0 aromatic rings. The molecule has 3 heteroatoms. The average molecular weight is 191 g/mol. The lowest BCUT2D eigenvalue weighted by Crippen LogP contribution is -2.35. The van der Waals surface area contributed by atoms with Crippen LogP contribution >= 0.6 is 11.6 Å². The van der Waals surface area contributed by atoms with E-state index in [-0.39, 0.29) is 0 Å². The molecule has 0 aliphatic rings. The summed E-state index contributed by atoms with van der Waals surface area (Å²) < 4.78 is 0.907. The van der Waals surface area contributed by atoms with Crippen molar-refractivity contribution < 1.29 is 9.28 Å². The van der Waals surface area contributed by atoms with Crippen LogP contribution in [0.3, 0.4) is 0 Å². The third kappa shape index (κ3) is 6.38. The average Bonchev–Trinajstić information content (AvgIpc) is 1.84. The van der Waals surface area contributed by atoms with Gasteiger partial charge >= 0.3 is 0 Å². The number of nitrogens with zero attached hydrogens (tertiary/aromatic N) is 1. The predicted octanol–water partition coefficient (Wildman–Crippen LogP) is 1.79. The normalized spacial score (nSPS) is 11.3. The number of allylic oxidation sites excluding steroid dienone is 1. The Labute approximate surface area is 79.4 Å². The van der Waals surface area contributed by atoms with Crippen molar-refractivity contribution >= 4 is 16.8 Å². The Morgan fingerprint density at radius 3 is 2.25 bits per heavy atom. The molecule has 0 atom stereocenters. The van der Waals surface area contributed by atoms with Gasteiger partial charge in [-0.3, -0.25) is 4.79 Å². The van der Waals surface area contributed by atoms with Gasteiger partial charge in [0.25, 0.3) is 0 Å². The number of rotatable bonds is 5. The molecule has 0 heterocycles. The lowest BCUT2D eigenvalue weighted by Gasteiger charge is -2.23. The van der Waals surface area contributed by atoms with Gasteiger partial charge in [-0.1, -0.05) is 6.58 Å². The minimum atomic E-state index is -0.406. The Balaban J connectivity index is 3.58. The lowest BCUT2D eigenvalue weighted by molar-refractivity contribution is -0.870. The maximum atomic E-state index is 10.6. The van der Waals surface area contributed by atoms with Crippen LogP contribution in [0.2, 0.25) is 0 Å². The molecule has 0 spiro atoms. The monoisotopic (exact) mass is 190 g/mol. The van der Waals surface area contributed by atoms with Crippen LogP contribution < -0.4 is 0 Å². The Bertz CT molecular complexity index is 181. The standard InChI is InChI=1S/C9H17ClNO/c1-8(9(10)12)6-5-7-11(2,3)4/h1,5-7H2,2-4H3/q+1. The second kappa shape index (κ2) is 4.63. The third-order valence-corrected chi connectivity index (χ3v) is 1.85. The molecule has 0 aliphatic carbocycles. The summed E-state index contributed by atoms with van der Waals surface area (Å²) in [5.74, 6) is 0. The first kappa shape index (κ1) is 11.7. The van der Waals surface area contributed by atoms with Crippen LogP contribution in [0.15, 0.2) is 12.2 Å². The molecule has 0 N–H and O–H groups in total. The minimum Gasteiger partial charge on any atom is -0.331 e. The van der Waals surface area contributed by atoms with E-state index in [9.17, 15) is 4.79 Å². The maximum Gasteiger partial charge on any atom is 0.247 e. The zero-order chi connectivity index (χ0) is 9.78. The van der Waals surface area contributed by atoms with Crippen LogP contribution in [0.4, 0.5) is 0 Å². The zero-order valence-electron chi connectivity index (χ0n) is 8.06. The Hall–Kier alpha value is -0.340. The fraction of sp³-hybridized carbons (Fsp3) is 0.667. The van der Waals surface area contributed by atoms with Crippen LogP contribution in [-0.4, -0.2) is 37.4 Å². The van der Waals surface area contributed by atoms with Crippen LogP contribution in [0.25, 0.3) is 0 Å². The van der Waals surface area contributed by atoms with Gasteiger partial charge in [0, 0.05) is 12.0 Å². The van der Waals surface area contributed by atoms with E-state index in [4.69, 9.17) is 11.6 Å². The van der Waals surface area contributed by atoms with Crippen molar-refractivity contribution in [3.63, 3.8) is 0 Å². The number of hydrogen-bond donors (Lipinski definition) is 0. The highest BCUT2D eigenvalue weighted by Crippen LogP contribution is 2.07. The molecule has 0 unspecified atom stereocenters. The van der Waals surface area contributed by atoms with Gasteiger partial charge in [0.15, 0.2) is 0 Å². The largest absolute Gasteiger partial charge is 0.331 e. The minimum absolute atomic E-state index is 0.406. The van der Waals surface area contributed by atoms with Gasteiger partial charge in [-0.05, 0) is 18.0 Å². The quantitative estimate of drug-likeness (QED) is 0.367. The number of carbonyl (C=O) groups is 1. The molecule has 70 valence electrons. The van der Waals surface area contributed by atoms with Gasteiger partial charge in [-0.15, -0.1) is 0 Å². The number of quaternary nitrogens is 1. The summed E-state index contributed by atoms with van der Waals surface area (Å²) in [5, 5.41) is -0.406. The first-order chi connectivity index (χ1) is 5.33. The summed E-state index contributed by atoms with van der Waals surface area (Å²) in [6.45, 7) is 4.62. The summed E-state index contributed by atoms with van der Waals surface area (Å²) in [6, 6.07) is 0. The predicted molar refractivity (Wildman–Crippen MR) is 52.1 cm³/mol. The number of hydrogen-bond acceptors (Lipinski definition) is 1. The SMILES string of the molecule is C=C(CCC[N+](C)(C)C)C(=O)Cl. The Kier molecular flexibility index (Phi) is 4.50. The molecule has 0 bridgehead atoms. The number of carbonyl (C=O) groups excluding carboxylic acids is 1. The van der Waals surface area contributed by atoms with Crippen LogP contribution in [-0.2, 0) is 4.79 Å². The summed E-state index contributed by atoms with van der Waals surface area (Å²) >= 11 is 5.23. The second-order valence-electron chi connectivity index (χ2n) is 3.99. The first-order valence-electron chi connectivity index (χ1n) is 4.01. The molecule has 0 amide bonds. The molecule has 0 aromatic carbocycles. The summed E-state index contributed by atoms with van der Waals surface area (Å²) in [6.07, 6.45) is 1.67. The third-order valence-electron chi connectivity index (χ3n) is 1.59. The van der Waals surface area contributed by atoms with E-state index in [1.54, 1.807) is 0 Å². The highest BCUT2D eigenvalue weighted by atomic mass is 35.5. The van der Waals surface area contributed by atoms with E-state index in [0.717, 1.165) is 17.4 Å². The molecule has 0 radical (unpaired) electrons. The van der Waals surface area contributed by atoms with Gasteiger partial charge < -0.3 is 4.48 Å².